The molecule has 4 nitrogen and oxygen atoms in total. The van der Waals surface area contributed by atoms with Crippen molar-refractivity contribution >= 4 is 21.6 Å². The molecule has 0 saturated heterocycles. The van der Waals surface area contributed by atoms with Crippen molar-refractivity contribution in [1.82, 2.24) is 9.29 Å². The Bertz CT molecular complexity index is 500. The van der Waals surface area contributed by atoms with Crippen LogP contribution >= 0.6 is 11.6 Å². The average Bonchev–Trinajstić information content (AvgIpc) is 2.28. The van der Waals surface area contributed by atoms with Crippen LogP contribution in [0.4, 0.5) is 0 Å². The van der Waals surface area contributed by atoms with E-state index < -0.39 is 15.6 Å². The summed E-state index contributed by atoms with van der Waals surface area (Å²) in [6.45, 7) is 5.68. The van der Waals surface area contributed by atoms with Crippen LogP contribution in [0.5, 0.6) is 0 Å². The minimum atomic E-state index is -3.60. The van der Waals surface area contributed by atoms with Gasteiger partial charge in [0.2, 0.25) is 10.0 Å². The SMILES string of the molecule is CCC(C)(C)N(C)S(=O)(=O)c1cnccc1Cl. The number of rotatable bonds is 4. The standard InChI is InChI=1S/C11H17ClN2O2S/c1-5-11(2,3)14(4)17(15,16)10-8-13-7-6-9(10)12/h6-8H,5H2,1-4H3. The molecule has 1 aromatic heterocycles. The molecule has 96 valence electrons. The molecule has 0 aromatic carbocycles. The first kappa shape index (κ1) is 14.4. The predicted molar refractivity (Wildman–Crippen MR) is 68.6 cm³/mol. The Hall–Kier alpha value is -0.650. The minimum absolute atomic E-state index is 0.0469. The number of hydrogen-bond acceptors (Lipinski definition) is 3. The lowest BCUT2D eigenvalue weighted by molar-refractivity contribution is 0.257. The fourth-order valence-corrected chi connectivity index (χ4v) is 3.23. The lowest BCUT2D eigenvalue weighted by Gasteiger charge is -2.33. The summed E-state index contributed by atoms with van der Waals surface area (Å²) >= 11 is 5.90. The van der Waals surface area contributed by atoms with E-state index in [1.165, 1.54) is 22.8 Å². The molecule has 0 N–H and O–H groups in total. The lowest BCUT2D eigenvalue weighted by Crippen LogP contribution is -2.44. The highest BCUT2D eigenvalue weighted by Crippen LogP contribution is 2.28. The Balaban J connectivity index is 3.26. The van der Waals surface area contributed by atoms with Crippen molar-refractivity contribution in [2.75, 3.05) is 7.05 Å². The Morgan fingerprint density at radius 3 is 2.53 bits per heavy atom. The number of nitrogens with zero attached hydrogens (tertiary/aromatic N) is 2. The number of sulfonamides is 1. The molecule has 0 aliphatic rings. The number of pyridine rings is 1. The second kappa shape index (κ2) is 4.92. The van der Waals surface area contributed by atoms with E-state index in [-0.39, 0.29) is 9.92 Å². The maximum absolute atomic E-state index is 12.4. The quantitative estimate of drug-likeness (QED) is 0.849. The molecule has 17 heavy (non-hydrogen) atoms. The fourth-order valence-electron chi connectivity index (χ4n) is 1.25. The summed E-state index contributed by atoms with van der Waals surface area (Å²) in [5, 5.41) is 0.193. The van der Waals surface area contributed by atoms with Crippen molar-refractivity contribution in [3.63, 3.8) is 0 Å². The van der Waals surface area contributed by atoms with Crippen LogP contribution in [0.15, 0.2) is 23.4 Å². The van der Waals surface area contributed by atoms with Crippen LogP contribution < -0.4 is 0 Å². The van der Waals surface area contributed by atoms with E-state index in [0.29, 0.717) is 6.42 Å². The summed E-state index contributed by atoms with van der Waals surface area (Å²) in [4.78, 5) is 3.86. The van der Waals surface area contributed by atoms with Crippen molar-refractivity contribution in [3.05, 3.63) is 23.5 Å². The normalized spacial score (nSPS) is 13.1. The molecule has 0 spiro atoms. The number of aromatic nitrogens is 1. The number of halogens is 1. The van der Waals surface area contributed by atoms with Crippen molar-refractivity contribution in [3.8, 4) is 0 Å². The molecule has 0 unspecified atom stereocenters. The second-order valence-electron chi connectivity index (χ2n) is 4.44. The first-order chi connectivity index (χ1) is 7.73. The molecular weight excluding hydrogens is 260 g/mol. The molecule has 0 radical (unpaired) electrons. The Morgan fingerprint density at radius 1 is 1.47 bits per heavy atom. The highest BCUT2D eigenvalue weighted by Gasteiger charge is 2.33. The fraction of sp³-hybridized carbons (Fsp3) is 0.545. The molecule has 1 aromatic rings. The molecule has 1 rings (SSSR count). The molecule has 6 heteroatoms. The maximum atomic E-state index is 12.4. The Kier molecular flexibility index (Phi) is 4.17. The van der Waals surface area contributed by atoms with E-state index in [4.69, 9.17) is 11.6 Å². The van der Waals surface area contributed by atoms with Crippen molar-refractivity contribution in [1.29, 1.82) is 0 Å². The first-order valence-corrected chi connectivity index (χ1v) is 7.14. The zero-order chi connectivity index (χ0) is 13.3. The van der Waals surface area contributed by atoms with Crippen molar-refractivity contribution in [2.24, 2.45) is 0 Å². The molecule has 0 amide bonds. The Labute approximate surface area is 108 Å². The molecule has 0 fully saturated rings. The van der Waals surface area contributed by atoms with Gasteiger partial charge in [-0.15, -0.1) is 0 Å². The molecule has 0 atom stereocenters. The summed E-state index contributed by atoms with van der Waals surface area (Å²) in [6.07, 6.45) is 3.45. The highest BCUT2D eigenvalue weighted by atomic mass is 35.5. The van der Waals surface area contributed by atoms with Gasteiger partial charge >= 0.3 is 0 Å². The zero-order valence-corrected chi connectivity index (χ0v) is 12.0. The van der Waals surface area contributed by atoms with E-state index in [9.17, 15) is 8.42 Å². The molecular formula is C11H17ClN2O2S. The van der Waals surface area contributed by atoms with E-state index in [1.807, 2.05) is 20.8 Å². The summed E-state index contributed by atoms with van der Waals surface area (Å²) in [6, 6.07) is 1.47. The predicted octanol–water partition coefficient (Wildman–Crippen LogP) is 2.54. The van der Waals surface area contributed by atoms with Crippen LogP contribution in [0.1, 0.15) is 27.2 Å². The van der Waals surface area contributed by atoms with Crippen LogP contribution in [0.2, 0.25) is 5.02 Å². The third-order valence-electron chi connectivity index (χ3n) is 3.09. The van der Waals surface area contributed by atoms with Gasteiger partial charge in [0.15, 0.2) is 0 Å². The molecule has 0 bridgehead atoms. The molecule has 0 aliphatic carbocycles. The zero-order valence-electron chi connectivity index (χ0n) is 10.4. The highest BCUT2D eigenvalue weighted by molar-refractivity contribution is 7.89. The van der Waals surface area contributed by atoms with Gasteiger partial charge in [-0.25, -0.2) is 8.42 Å². The lowest BCUT2D eigenvalue weighted by atomic mass is 10.0. The van der Waals surface area contributed by atoms with E-state index in [2.05, 4.69) is 4.98 Å². The van der Waals surface area contributed by atoms with E-state index >= 15 is 0 Å². The first-order valence-electron chi connectivity index (χ1n) is 5.32. The van der Waals surface area contributed by atoms with Crippen LogP contribution in [0, 0.1) is 0 Å². The van der Waals surface area contributed by atoms with Gasteiger partial charge in [-0.3, -0.25) is 4.98 Å². The summed E-state index contributed by atoms with van der Waals surface area (Å²) in [5.74, 6) is 0. The summed E-state index contributed by atoms with van der Waals surface area (Å²) in [5.41, 5.74) is -0.460. The van der Waals surface area contributed by atoms with E-state index in [0.717, 1.165) is 0 Å². The maximum Gasteiger partial charge on any atom is 0.246 e. The van der Waals surface area contributed by atoms with Crippen LogP contribution in [0.25, 0.3) is 0 Å². The monoisotopic (exact) mass is 276 g/mol. The van der Waals surface area contributed by atoms with Gasteiger partial charge in [0.25, 0.3) is 0 Å². The van der Waals surface area contributed by atoms with Crippen LogP contribution in [-0.4, -0.2) is 30.3 Å². The van der Waals surface area contributed by atoms with Gasteiger partial charge in [0.1, 0.15) is 4.90 Å². The van der Waals surface area contributed by atoms with Crippen LogP contribution in [0.3, 0.4) is 0 Å². The van der Waals surface area contributed by atoms with Gasteiger partial charge in [-0.1, -0.05) is 18.5 Å². The third-order valence-corrected chi connectivity index (χ3v) is 5.63. The average molecular weight is 277 g/mol. The van der Waals surface area contributed by atoms with E-state index in [1.54, 1.807) is 7.05 Å². The van der Waals surface area contributed by atoms with Gasteiger partial charge < -0.3 is 0 Å². The topological polar surface area (TPSA) is 50.3 Å². The van der Waals surface area contributed by atoms with Crippen LogP contribution in [-0.2, 0) is 10.0 Å². The van der Waals surface area contributed by atoms with Gasteiger partial charge in [0, 0.05) is 25.0 Å². The molecule has 0 saturated carbocycles. The van der Waals surface area contributed by atoms with Gasteiger partial charge in [0.05, 0.1) is 5.02 Å². The molecule has 1 heterocycles. The molecule has 0 aliphatic heterocycles. The number of hydrogen-bond donors (Lipinski definition) is 0. The minimum Gasteiger partial charge on any atom is -0.263 e. The smallest absolute Gasteiger partial charge is 0.246 e. The van der Waals surface area contributed by atoms with Gasteiger partial charge in [-0.2, -0.15) is 4.31 Å². The van der Waals surface area contributed by atoms with Crippen molar-refractivity contribution < 1.29 is 8.42 Å². The summed E-state index contributed by atoms with van der Waals surface area (Å²) in [7, 11) is -2.04. The Morgan fingerprint density at radius 2 is 2.06 bits per heavy atom. The largest absolute Gasteiger partial charge is 0.263 e. The second-order valence-corrected chi connectivity index (χ2v) is 6.79. The third kappa shape index (κ3) is 2.78. The van der Waals surface area contributed by atoms with Gasteiger partial charge in [-0.05, 0) is 26.3 Å². The van der Waals surface area contributed by atoms with Crippen molar-refractivity contribution in [2.45, 2.75) is 37.6 Å². The summed E-state index contributed by atoms with van der Waals surface area (Å²) < 4.78 is 26.1.